The summed E-state index contributed by atoms with van der Waals surface area (Å²) in [5, 5.41) is 26.4. The van der Waals surface area contributed by atoms with Gasteiger partial charge in [0.25, 0.3) is 0 Å². The van der Waals surface area contributed by atoms with Crippen LogP contribution in [0.4, 0.5) is 0 Å². The summed E-state index contributed by atoms with van der Waals surface area (Å²) in [6.07, 6.45) is 1.48. The van der Waals surface area contributed by atoms with Gasteiger partial charge in [0.2, 0.25) is 0 Å². The molecule has 1 heterocycles. The molecule has 0 aliphatic carbocycles. The molecule has 0 fully saturated rings. The summed E-state index contributed by atoms with van der Waals surface area (Å²) in [4.78, 5) is 0. The van der Waals surface area contributed by atoms with Crippen LogP contribution in [0.1, 0.15) is 0 Å². The standard InChI is InChI=1S/C9H9BN2O3/c1-15-9-5-11-12-8-3-2-6(10(13)14)4-7(8)9/h2-5,13-14H,1H3. The molecule has 6 heteroatoms. The predicted octanol–water partition coefficient (Wildman–Crippen LogP) is -0.682. The first-order valence-corrected chi connectivity index (χ1v) is 4.38. The molecule has 2 N–H and O–H groups in total. The van der Waals surface area contributed by atoms with Crippen molar-refractivity contribution in [2.24, 2.45) is 0 Å². The maximum absolute atomic E-state index is 9.03. The van der Waals surface area contributed by atoms with Gasteiger partial charge >= 0.3 is 7.12 Å². The van der Waals surface area contributed by atoms with Gasteiger partial charge in [-0.15, -0.1) is 0 Å². The minimum Gasteiger partial charge on any atom is -0.494 e. The van der Waals surface area contributed by atoms with Gasteiger partial charge in [0.15, 0.2) is 0 Å². The first-order chi connectivity index (χ1) is 7.22. The van der Waals surface area contributed by atoms with Crippen molar-refractivity contribution in [3.63, 3.8) is 0 Å². The highest BCUT2D eigenvalue weighted by atomic mass is 16.5. The number of hydrogen-bond donors (Lipinski definition) is 2. The van der Waals surface area contributed by atoms with Crippen LogP contribution in [0.5, 0.6) is 5.75 Å². The molecule has 0 aliphatic heterocycles. The normalized spacial score (nSPS) is 10.3. The summed E-state index contributed by atoms with van der Waals surface area (Å²) in [5.41, 5.74) is 1.05. The molecule has 2 rings (SSSR count). The van der Waals surface area contributed by atoms with E-state index in [1.54, 1.807) is 18.2 Å². The number of nitrogens with zero attached hydrogens (tertiary/aromatic N) is 2. The van der Waals surface area contributed by atoms with Crippen LogP contribution in [0.3, 0.4) is 0 Å². The van der Waals surface area contributed by atoms with E-state index in [4.69, 9.17) is 14.8 Å². The van der Waals surface area contributed by atoms with Crippen molar-refractivity contribution in [2.75, 3.05) is 7.11 Å². The van der Waals surface area contributed by atoms with Gasteiger partial charge in [0.05, 0.1) is 18.8 Å². The van der Waals surface area contributed by atoms with E-state index in [2.05, 4.69) is 10.2 Å². The minimum atomic E-state index is -1.49. The van der Waals surface area contributed by atoms with Gasteiger partial charge in [0, 0.05) is 5.39 Å². The number of fused-ring (bicyclic) bond motifs is 1. The van der Waals surface area contributed by atoms with Crippen LogP contribution in [0.2, 0.25) is 0 Å². The van der Waals surface area contributed by atoms with Crippen molar-refractivity contribution in [3.05, 3.63) is 24.4 Å². The van der Waals surface area contributed by atoms with Crippen molar-refractivity contribution >= 4 is 23.5 Å². The topological polar surface area (TPSA) is 75.5 Å². The Morgan fingerprint density at radius 2 is 2.13 bits per heavy atom. The van der Waals surface area contributed by atoms with E-state index in [0.29, 0.717) is 22.1 Å². The summed E-state index contributed by atoms with van der Waals surface area (Å²) >= 11 is 0. The highest BCUT2D eigenvalue weighted by Crippen LogP contribution is 2.20. The highest BCUT2D eigenvalue weighted by molar-refractivity contribution is 6.58. The molecule has 2 aromatic rings. The van der Waals surface area contributed by atoms with Gasteiger partial charge in [0.1, 0.15) is 5.75 Å². The second kappa shape index (κ2) is 3.84. The molecule has 0 radical (unpaired) electrons. The van der Waals surface area contributed by atoms with Gasteiger partial charge < -0.3 is 14.8 Å². The monoisotopic (exact) mass is 204 g/mol. The van der Waals surface area contributed by atoms with Crippen LogP contribution in [0.15, 0.2) is 24.4 Å². The second-order valence-electron chi connectivity index (χ2n) is 3.06. The zero-order valence-electron chi connectivity index (χ0n) is 8.08. The number of benzene rings is 1. The third-order valence-corrected chi connectivity index (χ3v) is 2.14. The van der Waals surface area contributed by atoms with Crippen LogP contribution >= 0.6 is 0 Å². The fraction of sp³-hybridized carbons (Fsp3) is 0.111. The fourth-order valence-corrected chi connectivity index (χ4v) is 1.37. The molecule has 0 saturated heterocycles. The van der Waals surface area contributed by atoms with Gasteiger partial charge in [-0.05, 0) is 17.6 Å². The molecule has 0 aliphatic rings. The molecule has 1 aromatic carbocycles. The minimum absolute atomic E-state index is 0.397. The van der Waals surface area contributed by atoms with Crippen LogP contribution < -0.4 is 10.2 Å². The van der Waals surface area contributed by atoms with Crippen LogP contribution in [0, 0.1) is 0 Å². The zero-order valence-corrected chi connectivity index (χ0v) is 8.08. The molecular formula is C9H9BN2O3. The van der Waals surface area contributed by atoms with E-state index in [0.717, 1.165) is 0 Å². The van der Waals surface area contributed by atoms with E-state index in [9.17, 15) is 0 Å². The third-order valence-electron chi connectivity index (χ3n) is 2.14. The number of aromatic nitrogens is 2. The number of methoxy groups -OCH3 is 1. The van der Waals surface area contributed by atoms with Gasteiger partial charge in [-0.1, -0.05) is 6.07 Å². The maximum atomic E-state index is 9.03. The molecule has 0 amide bonds. The molecule has 76 valence electrons. The number of ether oxygens (including phenoxy) is 1. The lowest BCUT2D eigenvalue weighted by atomic mass is 9.80. The van der Waals surface area contributed by atoms with Crippen molar-refractivity contribution in [2.45, 2.75) is 0 Å². The summed E-state index contributed by atoms with van der Waals surface area (Å²) in [7, 11) is 0.0330. The molecule has 5 nitrogen and oxygen atoms in total. The molecule has 1 aromatic heterocycles. The lowest BCUT2D eigenvalue weighted by Gasteiger charge is -2.05. The zero-order chi connectivity index (χ0) is 10.8. The summed E-state index contributed by atoms with van der Waals surface area (Å²) in [6, 6.07) is 4.87. The lowest BCUT2D eigenvalue weighted by molar-refractivity contribution is 0.417. The van der Waals surface area contributed by atoms with E-state index in [1.807, 2.05) is 0 Å². The Morgan fingerprint density at radius 1 is 1.33 bits per heavy atom. The van der Waals surface area contributed by atoms with Crippen LogP contribution in [0.25, 0.3) is 10.9 Å². The Kier molecular flexibility index (Phi) is 2.53. The Morgan fingerprint density at radius 3 is 2.80 bits per heavy atom. The molecular weight excluding hydrogens is 195 g/mol. The van der Waals surface area contributed by atoms with E-state index < -0.39 is 7.12 Å². The van der Waals surface area contributed by atoms with E-state index in [1.165, 1.54) is 13.3 Å². The first-order valence-electron chi connectivity index (χ1n) is 4.38. The van der Waals surface area contributed by atoms with E-state index >= 15 is 0 Å². The largest absolute Gasteiger partial charge is 0.494 e. The van der Waals surface area contributed by atoms with Crippen molar-refractivity contribution < 1.29 is 14.8 Å². The summed E-state index contributed by atoms with van der Waals surface area (Å²) in [6.45, 7) is 0. The third kappa shape index (κ3) is 1.77. The van der Waals surface area contributed by atoms with E-state index in [-0.39, 0.29) is 0 Å². The SMILES string of the molecule is COc1cnnc2ccc(B(O)O)cc12. The van der Waals surface area contributed by atoms with Crippen molar-refractivity contribution in [1.82, 2.24) is 10.2 Å². The Bertz CT molecular complexity index is 490. The molecule has 0 unspecified atom stereocenters. The van der Waals surface area contributed by atoms with Crippen LogP contribution in [-0.4, -0.2) is 34.5 Å². The Hall–Kier alpha value is -1.66. The van der Waals surface area contributed by atoms with Gasteiger partial charge in [-0.25, -0.2) is 0 Å². The van der Waals surface area contributed by atoms with Crippen molar-refractivity contribution in [1.29, 1.82) is 0 Å². The lowest BCUT2D eigenvalue weighted by Crippen LogP contribution is -2.29. The Labute approximate surface area is 86.5 Å². The average molecular weight is 204 g/mol. The van der Waals surface area contributed by atoms with Gasteiger partial charge in [-0.2, -0.15) is 10.2 Å². The fourth-order valence-electron chi connectivity index (χ4n) is 1.37. The number of hydrogen-bond acceptors (Lipinski definition) is 5. The first kappa shape index (κ1) is 9.88. The molecule has 0 atom stereocenters. The second-order valence-corrected chi connectivity index (χ2v) is 3.06. The Balaban J connectivity index is 2.67. The average Bonchev–Trinajstić information content (AvgIpc) is 2.27. The predicted molar refractivity (Wildman–Crippen MR) is 55.9 cm³/mol. The molecule has 0 saturated carbocycles. The molecule has 0 spiro atoms. The maximum Gasteiger partial charge on any atom is 0.488 e. The van der Waals surface area contributed by atoms with Gasteiger partial charge in [-0.3, -0.25) is 0 Å². The smallest absolute Gasteiger partial charge is 0.488 e. The van der Waals surface area contributed by atoms with Crippen molar-refractivity contribution in [3.8, 4) is 5.75 Å². The summed E-state index contributed by atoms with van der Waals surface area (Å²) < 4.78 is 5.10. The number of rotatable bonds is 2. The highest BCUT2D eigenvalue weighted by Gasteiger charge is 2.12. The summed E-state index contributed by atoms with van der Waals surface area (Å²) in [5.74, 6) is 0.558. The molecule has 0 bridgehead atoms. The van der Waals surface area contributed by atoms with Crippen LogP contribution in [-0.2, 0) is 0 Å². The quantitative estimate of drug-likeness (QED) is 0.633. The molecule has 15 heavy (non-hydrogen) atoms.